The van der Waals surface area contributed by atoms with Gasteiger partial charge in [0.1, 0.15) is 0 Å². The van der Waals surface area contributed by atoms with Crippen molar-refractivity contribution in [1.82, 2.24) is 4.98 Å². The third kappa shape index (κ3) is 8.69. The zero-order chi connectivity index (χ0) is 24.8. The van der Waals surface area contributed by atoms with Gasteiger partial charge in [-0.2, -0.15) is 0 Å². The van der Waals surface area contributed by atoms with Crippen molar-refractivity contribution in [3.05, 3.63) is 98.9 Å². The van der Waals surface area contributed by atoms with Gasteiger partial charge in [-0.05, 0) is 39.8 Å². The molecule has 1 aromatic heterocycles. The van der Waals surface area contributed by atoms with Gasteiger partial charge < -0.3 is 16.1 Å². The fraction of sp³-hybridized carbons (Fsp3) is 0.393. The molecule has 0 saturated heterocycles. The second kappa shape index (κ2) is 14.1. The smallest absolute Gasteiger partial charge is 0.870 e. The van der Waals surface area contributed by atoms with Crippen molar-refractivity contribution in [2.75, 3.05) is 5.34 Å². The van der Waals surface area contributed by atoms with Crippen molar-refractivity contribution in [1.29, 1.82) is 0 Å². The van der Waals surface area contributed by atoms with Crippen LogP contribution in [0.4, 0.5) is 11.4 Å². The Morgan fingerprint density at radius 3 is 1.17 bits per heavy atom. The van der Waals surface area contributed by atoms with Gasteiger partial charge in [0.05, 0.1) is 5.34 Å². The first-order chi connectivity index (χ1) is 15.4. The molecule has 0 aliphatic rings. The van der Waals surface area contributed by atoms with Crippen molar-refractivity contribution in [2.24, 2.45) is 0 Å². The number of rotatable bonds is 6. The molecule has 1 heterocycles. The fourth-order valence-electron chi connectivity index (χ4n) is 3.75. The number of para-hydroxylation sites is 2. The first kappa shape index (κ1) is 33.2. The van der Waals surface area contributed by atoms with Gasteiger partial charge in [0, 0.05) is 11.4 Å². The predicted octanol–water partition coefficient (Wildman–Crippen LogP) is 9.44. The molecule has 192 valence electrons. The molecule has 0 radical (unpaired) electrons. The molecule has 0 fully saturated rings. The number of pyridine rings is 1. The van der Waals surface area contributed by atoms with Gasteiger partial charge in [0.2, 0.25) is 0 Å². The maximum atomic E-state index is 5.10. The third-order valence-corrected chi connectivity index (χ3v) is 5.66. The van der Waals surface area contributed by atoms with Crippen LogP contribution in [0.15, 0.2) is 54.6 Å². The van der Waals surface area contributed by atoms with Gasteiger partial charge in [-0.3, -0.25) is 4.98 Å². The molecule has 1 N–H and O–H groups in total. The van der Waals surface area contributed by atoms with E-state index in [9.17, 15) is 0 Å². The van der Waals surface area contributed by atoms with Crippen LogP contribution in [0.3, 0.4) is 0 Å². The Kier molecular flexibility index (Phi) is 13.4. The Balaban J connectivity index is 0.00000220. The number of nitrogens with zero attached hydrogens (tertiary/aromatic N) is 3. The van der Waals surface area contributed by atoms with Gasteiger partial charge in [-0.25, -0.2) is 0 Å². The van der Waals surface area contributed by atoms with Gasteiger partial charge in [0.25, 0.3) is 0 Å². The molecular formula is C28H36Cl2CoN3O. The van der Waals surface area contributed by atoms with Crippen LogP contribution in [-0.2, 0) is 27.9 Å². The fourth-order valence-corrected chi connectivity index (χ4v) is 3.75. The Labute approximate surface area is 231 Å². The third-order valence-electron chi connectivity index (χ3n) is 5.66. The molecule has 0 unspecified atom stereocenters. The number of aromatic nitrogens is 1. The van der Waals surface area contributed by atoms with Crippen LogP contribution in [0.5, 0.6) is 0 Å². The Morgan fingerprint density at radius 2 is 0.886 bits per heavy atom. The summed E-state index contributed by atoms with van der Waals surface area (Å²) in [6.45, 7) is 16.9. The number of hydrogen-bond acceptors (Lipinski definition) is 2. The van der Waals surface area contributed by atoms with E-state index in [0.29, 0.717) is 0 Å². The average Bonchev–Trinajstić information content (AvgIpc) is 2.74. The molecule has 3 rings (SSSR count). The van der Waals surface area contributed by atoms with Crippen molar-refractivity contribution in [3.8, 4) is 0 Å². The molecule has 35 heavy (non-hydrogen) atoms. The van der Waals surface area contributed by atoms with Crippen molar-refractivity contribution in [2.45, 2.75) is 66.5 Å². The predicted molar refractivity (Wildman–Crippen MR) is 147 cm³/mol. The van der Waals surface area contributed by atoms with Crippen LogP contribution < -0.4 is 0 Å². The largest absolute Gasteiger partial charge is 3.00 e. The van der Waals surface area contributed by atoms with Crippen LogP contribution in [0, 0.1) is 27.7 Å². The Bertz CT molecular complexity index is 966. The van der Waals surface area contributed by atoms with Crippen molar-refractivity contribution >= 4 is 34.6 Å². The van der Waals surface area contributed by atoms with E-state index >= 15 is 0 Å². The summed E-state index contributed by atoms with van der Waals surface area (Å²) < 4.78 is 0. The van der Waals surface area contributed by atoms with E-state index in [4.69, 9.17) is 38.8 Å². The summed E-state index contributed by atoms with van der Waals surface area (Å²) in [5, 5.41) is 10.4. The quantitative estimate of drug-likeness (QED) is 0.282. The van der Waals surface area contributed by atoms with Crippen LogP contribution in [-0.4, -0.2) is 15.8 Å². The maximum Gasteiger partial charge on any atom is 3.00 e. The minimum atomic E-state index is -0.443. The molecule has 0 atom stereocenters. The van der Waals surface area contributed by atoms with Crippen molar-refractivity contribution in [3.63, 3.8) is 0 Å². The zero-order valence-corrected chi connectivity index (χ0v) is 24.3. The summed E-state index contributed by atoms with van der Waals surface area (Å²) in [7, 11) is 0. The van der Waals surface area contributed by atoms with Crippen molar-refractivity contribution < 1.29 is 22.3 Å². The molecular weight excluding hydrogens is 524 g/mol. The first-order valence-electron chi connectivity index (χ1n) is 11.1. The van der Waals surface area contributed by atoms with E-state index in [1.807, 2.05) is 0 Å². The van der Waals surface area contributed by atoms with Crippen LogP contribution in [0.2, 0.25) is 0 Å². The second-order valence-electron chi connectivity index (χ2n) is 9.33. The standard InChI is InChI=1S/C27H33N3.CH2Cl2.Co.H2O/c1-18-12-9-13-19(2)24(18)29-26(5,6)22-16-11-17-23(28-22)27(7,8)30-25-20(3)14-10-15-21(25)4;2-1-3;;/h9-17H,1-8H3;1H2;;1H2/q-2;;+3;/p-1. The van der Waals surface area contributed by atoms with Crippen LogP contribution >= 0.6 is 23.2 Å². The molecule has 0 aliphatic carbocycles. The van der Waals surface area contributed by atoms with E-state index in [0.717, 1.165) is 22.8 Å². The van der Waals surface area contributed by atoms with Gasteiger partial charge in [0.15, 0.2) is 0 Å². The maximum absolute atomic E-state index is 5.10. The minimum absolute atomic E-state index is 0. The van der Waals surface area contributed by atoms with Gasteiger partial charge >= 0.3 is 16.8 Å². The molecule has 0 amide bonds. The van der Waals surface area contributed by atoms with E-state index < -0.39 is 11.1 Å². The van der Waals surface area contributed by atoms with Crippen LogP contribution in [0.25, 0.3) is 10.6 Å². The molecule has 4 nitrogen and oxygen atoms in total. The summed E-state index contributed by atoms with van der Waals surface area (Å²) in [6.07, 6.45) is 0. The van der Waals surface area contributed by atoms with Gasteiger partial charge in [-0.1, -0.05) is 103 Å². The number of halogens is 2. The molecule has 0 aliphatic heterocycles. The SMILES string of the molecule is Cc1cccc(C)c1[N-]C(C)(C)c1cccc(C(C)(C)[N-]c2c(C)cccc2C)n1.ClCCl.[Co+3].[OH-]. The summed E-state index contributed by atoms with van der Waals surface area (Å²) in [4.78, 5) is 5.04. The topological polar surface area (TPSA) is 71.1 Å². The molecule has 3 aromatic rings. The molecule has 0 bridgehead atoms. The molecule has 0 spiro atoms. The molecule has 2 aromatic carbocycles. The Hall–Kier alpha value is -1.76. The molecule has 0 saturated carbocycles. The number of benzene rings is 2. The monoisotopic (exact) mass is 559 g/mol. The average molecular weight is 560 g/mol. The normalized spacial score (nSPS) is 10.8. The summed E-state index contributed by atoms with van der Waals surface area (Å²) in [5.41, 5.74) is 7.86. The van der Waals surface area contributed by atoms with Crippen LogP contribution in [0.1, 0.15) is 61.3 Å². The Morgan fingerprint density at radius 1 is 0.629 bits per heavy atom. The van der Waals surface area contributed by atoms with E-state index in [1.165, 1.54) is 22.3 Å². The van der Waals surface area contributed by atoms with E-state index in [1.54, 1.807) is 0 Å². The number of aryl methyl sites for hydroxylation is 4. The van der Waals surface area contributed by atoms with E-state index in [-0.39, 0.29) is 27.6 Å². The summed E-state index contributed by atoms with van der Waals surface area (Å²) in [6, 6.07) is 18.8. The van der Waals surface area contributed by atoms with Gasteiger partial charge in [-0.15, -0.1) is 34.6 Å². The second-order valence-corrected chi connectivity index (χ2v) is 10.1. The summed E-state index contributed by atoms with van der Waals surface area (Å²) in [5.74, 6) is 0. The number of alkyl halides is 2. The zero-order valence-electron chi connectivity index (χ0n) is 21.8. The molecule has 7 heteroatoms. The minimum Gasteiger partial charge on any atom is -0.870 e. The number of hydrogen-bond donors (Lipinski definition) is 0. The first-order valence-corrected chi connectivity index (χ1v) is 12.2. The summed E-state index contributed by atoms with van der Waals surface area (Å²) >= 11 is 9.53. The van der Waals surface area contributed by atoms with E-state index in [2.05, 4.69) is 110 Å².